The van der Waals surface area contributed by atoms with Crippen molar-refractivity contribution in [2.45, 2.75) is 71.9 Å². The summed E-state index contributed by atoms with van der Waals surface area (Å²) in [6.45, 7) is 14.0. The Labute approximate surface area is 227 Å². The van der Waals surface area contributed by atoms with E-state index in [9.17, 15) is 9.59 Å². The number of carbonyl (C=O) groups is 2. The molecule has 1 aromatic carbocycles. The largest absolute Gasteiger partial charge is 0.337 e. The summed E-state index contributed by atoms with van der Waals surface area (Å²) in [7, 11) is 2.10. The first kappa shape index (κ1) is 30.1. The summed E-state index contributed by atoms with van der Waals surface area (Å²) in [5, 5.41) is 1.58. The number of allylic oxidation sites excluding steroid dienone is 2. The summed E-state index contributed by atoms with van der Waals surface area (Å²) in [5.41, 5.74) is 2.63. The maximum Gasteiger partial charge on any atom is 0.246 e. The molecule has 198 valence electrons. The smallest absolute Gasteiger partial charge is 0.246 e. The zero-order chi connectivity index (χ0) is 26.8. The van der Waals surface area contributed by atoms with Gasteiger partial charge < -0.3 is 9.80 Å². The highest BCUT2D eigenvalue weighted by Gasteiger charge is 2.31. The Bertz CT molecular complexity index is 989. The Morgan fingerprint density at radius 1 is 1.22 bits per heavy atom. The predicted molar refractivity (Wildman–Crippen MR) is 151 cm³/mol. The molecule has 0 aromatic heterocycles. The zero-order valence-electron chi connectivity index (χ0n) is 22.4. The van der Waals surface area contributed by atoms with Gasteiger partial charge in [-0.15, -0.1) is 0 Å². The molecule has 3 rings (SSSR count). The van der Waals surface area contributed by atoms with Gasteiger partial charge in [-0.25, -0.2) is 0 Å². The first-order valence-corrected chi connectivity index (χ1v) is 13.6. The molecule has 0 aliphatic carbocycles. The average Bonchev–Trinajstić information content (AvgIpc) is 3.23. The number of ketones is 1. The van der Waals surface area contributed by atoms with Crippen LogP contribution in [-0.2, 0) is 16.0 Å². The van der Waals surface area contributed by atoms with Crippen molar-refractivity contribution in [3.63, 3.8) is 0 Å². The lowest BCUT2D eigenvalue weighted by atomic mass is 10.1. The third kappa shape index (κ3) is 8.50. The van der Waals surface area contributed by atoms with Gasteiger partial charge in [0.05, 0.1) is 12.2 Å². The number of benzene rings is 1. The number of amides is 1. The monoisotopic (exact) mass is 533 g/mol. The van der Waals surface area contributed by atoms with Crippen molar-refractivity contribution in [2.24, 2.45) is 0 Å². The molecule has 2 saturated heterocycles. The topological polar surface area (TPSA) is 43.9 Å². The summed E-state index contributed by atoms with van der Waals surface area (Å²) >= 11 is 11.7. The van der Waals surface area contributed by atoms with Gasteiger partial charge in [-0.1, -0.05) is 62.2 Å². The highest BCUT2D eigenvalue weighted by atomic mass is 35.5. The lowest BCUT2D eigenvalue weighted by Crippen LogP contribution is -2.51. The molecule has 2 aliphatic heterocycles. The number of hydrogen-bond donors (Lipinski definition) is 0. The van der Waals surface area contributed by atoms with Gasteiger partial charge in [-0.2, -0.15) is 0 Å². The van der Waals surface area contributed by atoms with E-state index >= 15 is 0 Å². The predicted octanol–water partition coefficient (Wildman–Crippen LogP) is 6.51. The van der Waals surface area contributed by atoms with Crippen molar-refractivity contribution in [3.05, 3.63) is 70.0 Å². The average molecular weight is 535 g/mol. The molecule has 0 spiro atoms. The SMILES string of the molecule is C=C1CN(C(=O)/C=C/C2CCCN2C)CC(C)N1/C(=C\CC)C(C)=O.CCCc1cc(Cl)ccc1Cl. The van der Waals surface area contributed by atoms with E-state index in [1.165, 1.54) is 6.42 Å². The van der Waals surface area contributed by atoms with Crippen LogP contribution in [0.2, 0.25) is 10.0 Å². The minimum absolute atomic E-state index is 0.0248. The van der Waals surface area contributed by atoms with E-state index in [0.29, 0.717) is 24.8 Å². The number of Topliss-reactive ketones (excluding diaryl/α,β-unsaturated/α-hetero) is 1. The third-order valence-corrected chi connectivity index (χ3v) is 7.14. The first-order valence-electron chi connectivity index (χ1n) is 12.9. The lowest BCUT2D eigenvalue weighted by molar-refractivity contribution is -0.127. The quantitative estimate of drug-likeness (QED) is 0.374. The number of likely N-dealkylation sites (N-methyl/N-ethyl adjacent to an activating group) is 1. The van der Waals surface area contributed by atoms with E-state index in [2.05, 4.69) is 25.5 Å². The molecule has 36 heavy (non-hydrogen) atoms. The standard InChI is InChI=1S/C20H31N3O2.C9H10Cl2/c1-6-8-19(17(4)24)23-15(2)13-22(14-16(23)3)20(25)11-10-18-9-7-12-21(18)5;1-2-3-7-6-8(10)4-5-9(7)11/h8,10-11,16,18H,2,6-7,9,12-14H2,1,3-5H3;4-6H,2-3H2,1H3/b11-10+,19-8-;. The van der Waals surface area contributed by atoms with E-state index in [-0.39, 0.29) is 17.7 Å². The summed E-state index contributed by atoms with van der Waals surface area (Å²) in [6.07, 6.45) is 10.9. The molecule has 1 aromatic rings. The second-order valence-corrected chi connectivity index (χ2v) is 10.4. The van der Waals surface area contributed by atoms with E-state index in [4.69, 9.17) is 23.2 Å². The number of aryl methyl sites for hydroxylation is 1. The van der Waals surface area contributed by atoms with E-state index in [1.807, 2.05) is 54.0 Å². The van der Waals surface area contributed by atoms with Crippen LogP contribution in [-0.4, -0.2) is 65.2 Å². The second kappa shape index (κ2) is 14.6. The molecule has 0 bridgehead atoms. The number of hydrogen-bond acceptors (Lipinski definition) is 4. The van der Waals surface area contributed by atoms with Crippen LogP contribution in [0.15, 0.2) is 54.4 Å². The molecule has 2 unspecified atom stereocenters. The molecule has 0 saturated carbocycles. The van der Waals surface area contributed by atoms with Crippen molar-refractivity contribution in [1.82, 2.24) is 14.7 Å². The van der Waals surface area contributed by atoms with Crippen LogP contribution in [0.25, 0.3) is 0 Å². The van der Waals surface area contributed by atoms with Gasteiger partial charge in [-0.3, -0.25) is 14.5 Å². The number of piperazine rings is 1. The molecule has 2 heterocycles. The van der Waals surface area contributed by atoms with Gasteiger partial charge in [0.1, 0.15) is 0 Å². The molecule has 0 radical (unpaired) electrons. The van der Waals surface area contributed by atoms with Gasteiger partial charge >= 0.3 is 0 Å². The molecule has 1 amide bonds. The summed E-state index contributed by atoms with van der Waals surface area (Å²) in [4.78, 5) is 30.6. The van der Waals surface area contributed by atoms with Crippen LogP contribution >= 0.6 is 23.2 Å². The van der Waals surface area contributed by atoms with Crippen LogP contribution in [0.5, 0.6) is 0 Å². The molecule has 2 atom stereocenters. The van der Waals surface area contributed by atoms with Gasteiger partial charge in [0, 0.05) is 47.4 Å². The van der Waals surface area contributed by atoms with Gasteiger partial charge in [0.2, 0.25) is 5.91 Å². The van der Waals surface area contributed by atoms with Crippen LogP contribution < -0.4 is 0 Å². The normalized spacial score (nSPS) is 21.1. The highest BCUT2D eigenvalue weighted by molar-refractivity contribution is 6.33. The van der Waals surface area contributed by atoms with E-state index < -0.39 is 0 Å². The third-order valence-electron chi connectivity index (χ3n) is 6.53. The lowest BCUT2D eigenvalue weighted by Gasteiger charge is -2.43. The summed E-state index contributed by atoms with van der Waals surface area (Å²) in [5.74, 6) is 0.0654. The van der Waals surface area contributed by atoms with Gasteiger partial charge in [0.25, 0.3) is 0 Å². The van der Waals surface area contributed by atoms with Crippen LogP contribution in [0, 0.1) is 0 Å². The number of halogens is 2. The summed E-state index contributed by atoms with van der Waals surface area (Å²) in [6, 6.07) is 5.97. The van der Waals surface area contributed by atoms with Crippen molar-refractivity contribution in [1.29, 1.82) is 0 Å². The Morgan fingerprint density at radius 2 is 1.94 bits per heavy atom. The van der Waals surface area contributed by atoms with Crippen LogP contribution in [0.4, 0.5) is 0 Å². The molecule has 2 aliphatic rings. The van der Waals surface area contributed by atoms with E-state index in [0.717, 1.165) is 53.5 Å². The number of nitrogens with zero attached hydrogens (tertiary/aromatic N) is 3. The number of rotatable bonds is 7. The van der Waals surface area contributed by atoms with E-state index in [1.54, 1.807) is 13.0 Å². The summed E-state index contributed by atoms with van der Waals surface area (Å²) < 4.78 is 0. The second-order valence-electron chi connectivity index (χ2n) is 9.59. The Hall–Kier alpha value is -2.08. The Kier molecular flexibility index (Phi) is 12.2. The fourth-order valence-corrected chi connectivity index (χ4v) is 5.14. The highest BCUT2D eigenvalue weighted by Crippen LogP contribution is 2.25. The fraction of sp³-hybridized carbons (Fsp3) is 0.517. The van der Waals surface area contributed by atoms with Crippen molar-refractivity contribution in [2.75, 3.05) is 26.7 Å². The van der Waals surface area contributed by atoms with Crippen LogP contribution in [0.3, 0.4) is 0 Å². The van der Waals surface area contributed by atoms with Gasteiger partial charge in [-0.05, 0) is 70.0 Å². The van der Waals surface area contributed by atoms with Crippen LogP contribution in [0.1, 0.15) is 58.9 Å². The van der Waals surface area contributed by atoms with Crippen molar-refractivity contribution < 1.29 is 9.59 Å². The molecule has 2 fully saturated rings. The molecular formula is C29H41Cl2N3O2. The minimum Gasteiger partial charge on any atom is -0.337 e. The number of carbonyl (C=O) groups excluding carboxylic acids is 2. The molecular weight excluding hydrogens is 493 g/mol. The zero-order valence-corrected chi connectivity index (χ0v) is 23.9. The Balaban J connectivity index is 0.000000346. The first-order chi connectivity index (χ1) is 17.1. The fourth-order valence-electron chi connectivity index (χ4n) is 4.74. The molecule has 7 heteroatoms. The van der Waals surface area contributed by atoms with Crippen molar-refractivity contribution in [3.8, 4) is 0 Å². The molecule has 5 nitrogen and oxygen atoms in total. The Morgan fingerprint density at radius 3 is 2.50 bits per heavy atom. The molecule has 0 N–H and O–H groups in total. The maximum atomic E-state index is 12.6. The maximum absolute atomic E-state index is 12.6. The van der Waals surface area contributed by atoms with Crippen molar-refractivity contribution >= 4 is 34.9 Å². The number of likely N-dealkylation sites (tertiary alicyclic amines) is 1. The minimum atomic E-state index is 0.0248. The van der Waals surface area contributed by atoms with Gasteiger partial charge in [0.15, 0.2) is 5.78 Å².